The first-order valence-corrected chi connectivity index (χ1v) is 5.93. The van der Waals surface area contributed by atoms with Crippen LogP contribution in [-0.4, -0.2) is 19.9 Å². The van der Waals surface area contributed by atoms with E-state index in [-0.39, 0.29) is 11.2 Å². The number of aromatic amines is 2. The van der Waals surface area contributed by atoms with E-state index >= 15 is 0 Å². The molecule has 0 spiro atoms. The Bertz CT molecular complexity index is 833. The van der Waals surface area contributed by atoms with Crippen LogP contribution in [0, 0.1) is 10.1 Å². The third-order valence-electron chi connectivity index (χ3n) is 2.98. The largest absolute Gasteiger partial charge is 0.337 e. The monoisotopic (exact) mass is 270 g/mol. The van der Waals surface area contributed by atoms with Gasteiger partial charge in [-0.2, -0.15) is 0 Å². The number of hydrogen-bond acceptors (Lipinski definition) is 4. The summed E-state index contributed by atoms with van der Waals surface area (Å²) in [5.74, 6) is 0.644. The number of imidazole rings is 1. The summed E-state index contributed by atoms with van der Waals surface area (Å²) >= 11 is 0. The summed E-state index contributed by atoms with van der Waals surface area (Å²) < 4.78 is 0. The van der Waals surface area contributed by atoms with E-state index < -0.39 is 4.92 Å². The quantitative estimate of drug-likeness (QED) is 0.558. The van der Waals surface area contributed by atoms with Crippen LogP contribution in [0.1, 0.15) is 11.4 Å². The molecule has 100 valence electrons. The van der Waals surface area contributed by atoms with Crippen molar-refractivity contribution in [3.63, 3.8) is 0 Å². The van der Waals surface area contributed by atoms with Gasteiger partial charge >= 0.3 is 0 Å². The number of H-pyrrole nitrogens is 2. The lowest BCUT2D eigenvalue weighted by atomic mass is 10.1. The second-order valence-electron chi connectivity index (χ2n) is 4.35. The van der Waals surface area contributed by atoms with Crippen molar-refractivity contribution in [1.82, 2.24) is 15.0 Å². The molecule has 0 amide bonds. The minimum atomic E-state index is -0.440. The molecule has 3 aromatic rings. The number of fused-ring (bicyclic) bond motifs is 1. The van der Waals surface area contributed by atoms with Crippen molar-refractivity contribution in [3.8, 4) is 0 Å². The minimum Gasteiger partial charge on any atom is -0.337 e. The predicted octanol–water partition coefficient (Wildman–Crippen LogP) is 1.75. The molecule has 0 fully saturated rings. The van der Waals surface area contributed by atoms with Gasteiger partial charge in [-0.05, 0) is 11.6 Å². The zero-order chi connectivity index (χ0) is 14.1. The van der Waals surface area contributed by atoms with Crippen LogP contribution in [0.25, 0.3) is 11.0 Å². The standard InChI is InChI=1S/C13H10N4O3/c18-13-12-10(5-6-14-13)15-11(16-12)7-8-1-3-9(4-2-8)17(19)20/h1-6H,7H2,(H,14,18)(H,15,16). The summed E-state index contributed by atoms with van der Waals surface area (Å²) in [6.45, 7) is 0. The molecule has 0 atom stereocenters. The Morgan fingerprint density at radius 3 is 2.60 bits per heavy atom. The van der Waals surface area contributed by atoms with Crippen molar-refractivity contribution in [2.45, 2.75) is 6.42 Å². The Hall–Kier alpha value is -2.96. The average molecular weight is 270 g/mol. The smallest absolute Gasteiger partial charge is 0.273 e. The van der Waals surface area contributed by atoms with Gasteiger partial charge in [0.05, 0.1) is 10.4 Å². The van der Waals surface area contributed by atoms with Crippen LogP contribution < -0.4 is 5.56 Å². The highest BCUT2D eigenvalue weighted by molar-refractivity contribution is 5.73. The van der Waals surface area contributed by atoms with E-state index in [0.717, 1.165) is 5.56 Å². The van der Waals surface area contributed by atoms with Gasteiger partial charge in [0.2, 0.25) is 0 Å². The number of nitro benzene ring substituents is 1. The molecule has 0 aliphatic heterocycles. The molecule has 7 nitrogen and oxygen atoms in total. The van der Waals surface area contributed by atoms with Gasteiger partial charge in [0.15, 0.2) is 0 Å². The zero-order valence-corrected chi connectivity index (χ0v) is 10.3. The molecule has 0 aliphatic carbocycles. The van der Waals surface area contributed by atoms with Gasteiger partial charge in [-0.3, -0.25) is 14.9 Å². The number of rotatable bonds is 3. The normalized spacial score (nSPS) is 10.8. The van der Waals surface area contributed by atoms with Crippen LogP contribution in [0.4, 0.5) is 5.69 Å². The number of aromatic nitrogens is 3. The first-order valence-electron chi connectivity index (χ1n) is 5.93. The minimum absolute atomic E-state index is 0.0507. The molecule has 0 bridgehead atoms. The van der Waals surface area contributed by atoms with Gasteiger partial charge in [-0.1, -0.05) is 12.1 Å². The Labute approximate surface area is 112 Å². The lowest BCUT2D eigenvalue weighted by molar-refractivity contribution is -0.384. The number of benzene rings is 1. The molecular weight excluding hydrogens is 260 g/mol. The highest BCUT2D eigenvalue weighted by Gasteiger charge is 2.08. The molecule has 7 heteroatoms. The highest BCUT2D eigenvalue weighted by atomic mass is 16.6. The maximum Gasteiger partial charge on any atom is 0.273 e. The van der Waals surface area contributed by atoms with Gasteiger partial charge in [-0.25, -0.2) is 4.98 Å². The Kier molecular flexibility index (Phi) is 2.79. The van der Waals surface area contributed by atoms with E-state index in [2.05, 4.69) is 15.0 Å². The fourth-order valence-electron chi connectivity index (χ4n) is 2.01. The molecule has 2 aromatic heterocycles. The summed E-state index contributed by atoms with van der Waals surface area (Å²) in [4.78, 5) is 31.5. The van der Waals surface area contributed by atoms with Crippen LogP contribution >= 0.6 is 0 Å². The second kappa shape index (κ2) is 4.61. The molecule has 0 saturated heterocycles. The van der Waals surface area contributed by atoms with Gasteiger partial charge in [0.1, 0.15) is 11.3 Å². The molecule has 0 saturated carbocycles. The second-order valence-corrected chi connectivity index (χ2v) is 4.35. The number of non-ortho nitro benzene ring substituents is 1. The Morgan fingerprint density at radius 1 is 1.20 bits per heavy atom. The van der Waals surface area contributed by atoms with Crippen molar-refractivity contribution in [1.29, 1.82) is 0 Å². The summed E-state index contributed by atoms with van der Waals surface area (Å²) in [6.07, 6.45) is 2.02. The van der Waals surface area contributed by atoms with Crippen LogP contribution in [-0.2, 0) is 6.42 Å². The number of nitro groups is 1. The van der Waals surface area contributed by atoms with Crippen molar-refractivity contribution in [3.05, 3.63) is 68.4 Å². The first-order chi connectivity index (χ1) is 9.63. The van der Waals surface area contributed by atoms with Crippen LogP contribution in [0.3, 0.4) is 0 Å². The first kappa shape index (κ1) is 12.1. The van der Waals surface area contributed by atoms with E-state index in [1.165, 1.54) is 12.1 Å². The molecule has 2 heterocycles. The number of nitrogens with zero attached hydrogens (tertiary/aromatic N) is 2. The Morgan fingerprint density at radius 2 is 1.95 bits per heavy atom. The van der Waals surface area contributed by atoms with E-state index in [1.807, 2.05) is 0 Å². The van der Waals surface area contributed by atoms with E-state index in [9.17, 15) is 14.9 Å². The summed E-state index contributed by atoms with van der Waals surface area (Å²) in [5.41, 5.74) is 1.75. The number of hydrogen-bond donors (Lipinski definition) is 2. The molecule has 0 radical (unpaired) electrons. The average Bonchev–Trinajstić information content (AvgIpc) is 2.83. The fourth-order valence-corrected chi connectivity index (χ4v) is 2.01. The topological polar surface area (TPSA) is 105 Å². The summed E-state index contributed by atoms with van der Waals surface area (Å²) in [6, 6.07) is 7.97. The van der Waals surface area contributed by atoms with Gasteiger partial charge in [-0.15, -0.1) is 0 Å². The van der Waals surface area contributed by atoms with Gasteiger partial charge in [0.25, 0.3) is 11.2 Å². The molecule has 0 aliphatic rings. The maximum atomic E-state index is 11.6. The zero-order valence-electron chi connectivity index (χ0n) is 10.3. The molecule has 1 aromatic carbocycles. The van der Waals surface area contributed by atoms with E-state index in [0.29, 0.717) is 23.3 Å². The van der Waals surface area contributed by atoms with Crippen molar-refractivity contribution < 1.29 is 4.92 Å². The van der Waals surface area contributed by atoms with Gasteiger partial charge < -0.3 is 9.97 Å². The van der Waals surface area contributed by atoms with Crippen molar-refractivity contribution >= 4 is 16.7 Å². The van der Waals surface area contributed by atoms with Crippen LogP contribution in [0.15, 0.2) is 41.3 Å². The van der Waals surface area contributed by atoms with Crippen molar-refractivity contribution in [2.75, 3.05) is 0 Å². The number of nitrogens with one attached hydrogen (secondary N) is 2. The lowest BCUT2D eigenvalue weighted by Crippen LogP contribution is -2.04. The predicted molar refractivity (Wildman–Crippen MR) is 72.6 cm³/mol. The van der Waals surface area contributed by atoms with E-state index in [4.69, 9.17) is 0 Å². The molecule has 0 unspecified atom stereocenters. The van der Waals surface area contributed by atoms with E-state index in [1.54, 1.807) is 24.4 Å². The van der Waals surface area contributed by atoms with Gasteiger partial charge in [0, 0.05) is 24.8 Å². The Balaban J connectivity index is 1.91. The molecule has 3 rings (SSSR count). The fraction of sp³-hybridized carbons (Fsp3) is 0.0769. The lowest BCUT2D eigenvalue weighted by Gasteiger charge is -1.97. The highest BCUT2D eigenvalue weighted by Crippen LogP contribution is 2.15. The number of pyridine rings is 1. The third-order valence-corrected chi connectivity index (χ3v) is 2.98. The molecule has 2 N–H and O–H groups in total. The van der Waals surface area contributed by atoms with Crippen LogP contribution in [0.5, 0.6) is 0 Å². The SMILES string of the molecule is O=c1[nH]ccc2nc(Cc3ccc([N+](=O)[O-])cc3)[nH]c12. The molecule has 20 heavy (non-hydrogen) atoms. The van der Waals surface area contributed by atoms with Crippen molar-refractivity contribution in [2.24, 2.45) is 0 Å². The third kappa shape index (κ3) is 2.16. The summed E-state index contributed by atoms with van der Waals surface area (Å²) in [5, 5.41) is 10.6. The molecular formula is C13H10N4O3. The maximum absolute atomic E-state index is 11.6. The van der Waals surface area contributed by atoms with Crippen LogP contribution in [0.2, 0.25) is 0 Å². The summed E-state index contributed by atoms with van der Waals surface area (Å²) in [7, 11) is 0.